The van der Waals surface area contributed by atoms with Gasteiger partial charge >= 0.3 is 0 Å². The fourth-order valence-electron chi connectivity index (χ4n) is 2.03. The van der Waals surface area contributed by atoms with E-state index in [1.54, 1.807) is 0 Å². The Kier molecular flexibility index (Phi) is 6.36. The normalized spacial score (nSPS) is 10.6. The minimum Gasteiger partial charge on any atom is -0.369 e. The van der Waals surface area contributed by atoms with Gasteiger partial charge in [-0.25, -0.2) is 0 Å². The van der Waals surface area contributed by atoms with Crippen LogP contribution in [0.5, 0.6) is 0 Å². The van der Waals surface area contributed by atoms with Crippen molar-refractivity contribution < 1.29 is 4.79 Å². The number of hydrogen-bond donors (Lipinski definition) is 2. The van der Waals surface area contributed by atoms with E-state index in [9.17, 15) is 4.79 Å². The molecule has 0 saturated carbocycles. The Morgan fingerprint density at radius 3 is 2.32 bits per heavy atom. The number of carbonyl (C=O) groups excluding carboxylic acids is 1. The van der Waals surface area contributed by atoms with Gasteiger partial charge in [-0.3, -0.25) is 4.79 Å². The van der Waals surface area contributed by atoms with Crippen molar-refractivity contribution >= 4 is 17.3 Å². The molecular formula is C15H25N3O. The summed E-state index contributed by atoms with van der Waals surface area (Å²) in [6.45, 7) is 10.6. The van der Waals surface area contributed by atoms with E-state index in [0.29, 0.717) is 12.6 Å². The largest absolute Gasteiger partial charge is 0.369 e. The summed E-state index contributed by atoms with van der Waals surface area (Å²) in [6.07, 6.45) is 0. The number of likely N-dealkylation sites (N-methyl/N-ethyl adjacent to an activating group) is 1. The number of carbonyl (C=O) groups is 1. The molecule has 0 aromatic heterocycles. The second kappa shape index (κ2) is 7.79. The minimum atomic E-state index is -0.00851. The van der Waals surface area contributed by atoms with E-state index in [0.717, 1.165) is 18.8 Å². The first kappa shape index (κ1) is 15.5. The molecule has 106 valence electrons. The Labute approximate surface area is 116 Å². The quantitative estimate of drug-likeness (QED) is 0.794. The highest BCUT2D eigenvalue weighted by atomic mass is 16.1. The summed E-state index contributed by atoms with van der Waals surface area (Å²) in [7, 11) is 0. The fourth-order valence-corrected chi connectivity index (χ4v) is 2.03. The molecule has 4 nitrogen and oxygen atoms in total. The summed E-state index contributed by atoms with van der Waals surface area (Å²) in [6, 6.07) is 8.46. The molecule has 1 aromatic rings. The average Bonchev–Trinajstić information content (AvgIpc) is 2.39. The van der Waals surface area contributed by atoms with E-state index < -0.39 is 0 Å². The molecule has 0 heterocycles. The van der Waals surface area contributed by atoms with Gasteiger partial charge in [0.1, 0.15) is 0 Å². The van der Waals surface area contributed by atoms with E-state index in [-0.39, 0.29) is 5.91 Å². The van der Waals surface area contributed by atoms with Crippen LogP contribution in [0.4, 0.5) is 11.4 Å². The van der Waals surface area contributed by atoms with Crippen molar-refractivity contribution in [1.82, 2.24) is 5.32 Å². The lowest BCUT2D eigenvalue weighted by molar-refractivity contribution is -0.115. The maximum absolute atomic E-state index is 11.6. The van der Waals surface area contributed by atoms with Crippen LogP contribution in [0.3, 0.4) is 0 Å². The molecule has 4 heteroatoms. The molecule has 1 amide bonds. The van der Waals surface area contributed by atoms with Gasteiger partial charge in [0.25, 0.3) is 0 Å². The molecule has 0 unspecified atom stereocenters. The molecule has 19 heavy (non-hydrogen) atoms. The number of nitrogens with one attached hydrogen (secondary N) is 2. The van der Waals surface area contributed by atoms with Gasteiger partial charge in [-0.1, -0.05) is 6.92 Å². The van der Waals surface area contributed by atoms with Crippen LogP contribution in [0.15, 0.2) is 24.3 Å². The van der Waals surface area contributed by atoms with Gasteiger partial charge in [-0.15, -0.1) is 0 Å². The predicted molar refractivity (Wildman–Crippen MR) is 81.8 cm³/mol. The summed E-state index contributed by atoms with van der Waals surface area (Å²) in [5.41, 5.74) is 2.02. The summed E-state index contributed by atoms with van der Waals surface area (Å²) in [5, 5.41) is 5.87. The molecule has 0 aliphatic rings. The van der Waals surface area contributed by atoms with Crippen LogP contribution < -0.4 is 15.5 Å². The zero-order chi connectivity index (χ0) is 14.3. The maximum Gasteiger partial charge on any atom is 0.238 e. The zero-order valence-electron chi connectivity index (χ0n) is 12.4. The second-order valence-corrected chi connectivity index (χ2v) is 4.76. The first-order chi connectivity index (χ1) is 9.08. The molecule has 0 aliphatic carbocycles. The molecule has 0 aliphatic heterocycles. The zero-order valence-corrected chi connectivity index (χ0v) is 12.4. The SMILES string of the molecule is CCNCC(=O)Nc1ccc(N(CC)C(C)C)cc1. The highest BCUT2D eigenvalue weighted by Gasteiger charge is 2.08. The van der Waals surface area contributed by atoms with Crippen molar-refractivity contribution in [2.24, 2.45) is 0 Å². The highest BCUT2D eigenvalue weighted by Crippen LogP contribution is 2.19. The number of rotatable bonds is 7. The van der Waals surface area contributed by atoms with Gasteiger partial charge in [-0.2, -0.15) is 0 Å². The van der Waals surface area contributed by atoms with Crippen LogP contribution in [0, 0.1) is 0 Å². The van der Waals surface area contributed by atoms with Gasteiger partial charge in [0.05, 0.1) is 6.54 Å². The second-order valence-electron chi connectivity index (χ2n) is 4.76. The lowest BCUT2D eigenvalue weighted by atomic mass is 10.2. The van der Waals surface area contributed by atoms with Crippen molar-refractivity contribution in [2.75, 3.05) is 29.9 Å². The molecule has 1 rings (SSSR count). The third-order valence-corrected chi connectivity index (χ3v) is 2.98. The van der Waals surface area contributed by atoms with E-state index in [2.05, 4.69) is 36.3 Å². The van der Waals surface area contributed by atoms with Crippen LogP contribution in [-0.2, 0) is 4.79 Å². The summed E-state index contributed by atoms with van der Waals surface area (Å²) in [4.78, 5) is 13.9. The summed E-state index contributed by atoms with van der Waals surface area (Å²) in [5.74, 6) is -0.00851. The number of anilines is 2. The molecule has 0 fully saturated rings. The topological polar surface area (TPSA) is 44.4 Å². The van der Waals surface area contributed by atoms with Crippen molar-refractivity contribution in [1.29, 1.82) is 0 Å². The molecule has 0 atom stereocenters. The lowest BCUT2D eigenvalue weighted by Gasteiger charge is -2.27. The number of hydrogen-bond acceptors (Lipinski definition) is 3. The van der Waals surface area contributed by atoms with Crippen molar-refractivity contribution in [3.8, 4) is 0 Å². The maximum atomic E-state index is 11.6. The Hall–Kier alpha value is -1.55. The number of benzene rings is 1. The molecular weight excluding hydrogens is 238 g/mol. The van der Waals surface area contributed by atoms with E-state index in [4.69, 9.17) is 0 Å². The third-order valence-electron chi connectivity index (χ3n) is 2.98. The van der Waals surface area contributed by atoms with Gasteiger partial charge in [0.2, 0.25) is 5.91 Å². The van der Waals surface area contributed by atoms with Gasteiger partial charge in [-0.05, 0) is 51.6 Å². The Morgan fingerprint density at radius 1 is 1.21 bits per heavy atom. The molecule has 0 radical (unpaired) electrons. The van der Waals surface area contributed by atoms with Crippen LogP contribution in [-0.4, -0.2) is 31.6 Å². The van der Waals surface area contributed by atoms with Crippen molar-refractivity contribution in [3.05, 3.63) is 24.3 Å². The predicted octanol–water partition coefficient (Wildman–Crippen LogP) is 2.47. The standard InChI is InChI=1S/C15H25N3O/c1-5-16-11-15(19)17-13-7-9-14(10-8-13)18(6-2)12(3)4/h7-10,12,16H,5-6,11H2,1-4H3,(H,17,19). The Balaban J connectivity index is 2.63. The van der Waals surface area contributed by atoms with Crippen molar-refractivity contribution in [2.45, 2.75) is 33.7 Å². The first-order valence-electron chi connectivity index (χ1n) is 6.95. The first-order valence-corrected chi connectivity index (χ1v) is 6.95. The summed E-state index contributed by atoms with van der Waals surface area (Å²) >= 11 is 0. The van der Waals surface area contributed by atoms with E-state index in [1.807, 2.05) is 31.2 Å². The minimum absolute atomic E-state index is 0.00851. The average molecular weight is 263 g/mol. The number of nitrogens with zero attached hydrogens (tertiary/aromatic N) is 1. The fraction of sp³-hybridized carbons (Fsp3) is 0.533. The van der Waals surface area contributed by atoms with E-state index in [1.165, 1.54) is 5.69 Å². The van der Waals surface area contributed by atoms with Crippen LogP contribution in [0.25, 0.3) is 0 Å². The van der Waals surface area contributed by atoms with Crippen LogP contribution in [0.1, 0.15) is 27.7 Å². The monoisotopic (exact) mass is 263 g/mol. The van der Waals surface area contributed by atoms with E-state index >= 15 is 0 Å². The van der Waals surface area contributed by atoms with Crippen LogP contribution >= 0.6 is 0 Å². The number of amides is 1. The van der Waals surface area contributed by atoms with Crippen molar-refractivity contribution in [3.63, 3.8) is 0 Å². The molecule has 1 aromatic carbocycles. The Morgan fingerprint density at radius 2 is 1.84 bits per heavy atom. The molecule has 0 bridgehead atoms. The smallest absolute Gasteiger partial charge is 0.238 e. The highest BCUT2D eigenvalue weighted by molar-refractivity contribution is 5.92. The van der Waals surface area contributed by atoms with Gasteiger partial charge in [0, 0.05) is 24.0 Å². The third kappa shape index (κ3) is 4.91. The molecule has 2 N–H and O–H groups in total. The molecule has 0 saturated heterocycles. The summed E-state index contributed by atoms with van der Waals surface area (Å²) < 4.78 is 0. The Bertz CT molecular complexity index is 387. The van der Waals surface area contributed by atoms with Gasteiger partial charge < -0.3 is 15.5 Å². The molecule has 0 spiro atoms. The van der Waals surface area contributed by atoms with Gasteiger partial charge in [0.15, 0.2) is 0 Å². The van der Waals surface area contributed by atoms with Crippen LogP contribution in [0.2, 0.25) is 0 Å². The lowest BCUT2D eigenvalue weighted by Crippen LogP contribution is -2.30.